The lowest BCUT2D eigenvalue weighted by Crippen LogP contribution is -2.63. The van der Waals surface area contributed by atoms with E-state index in [0.717, 1.165) is 5.56 Å². The largest absolute Gasteiger partial charge is 0.510 e. The smallest absolute Gasteiger partial charge is 0.255 e. The van der Waals surface area contributed by atoms with Crippen molar-refractivity contribution in [3.8, 4) is 5.75 Å². The number of nitrogens with zero attached hydrogens (tertiary/aromatic N) is 1. The predicted octanol–water partition coefficient (Wildman–Crippen LogP) is 1.32. The SMILES string of the molecule is CC(C)NCC1C=COC1c1ccc(O)c2c1C[C@H]1C[C@H]3[C@H](N(C)C)C(O)=C(C(N)=O)C(=O)[C@@]3(O)C(O)=C1C2=O. The Kier molecular flexibility index (Phi) is 6.80. The van der Waals surface area contributed by atoms with E-state index in [1.165, 1.54) is 11.0 Å². The number of amides is 1. The van der Waals surface area contributed by atoms with Crippen LogP contribution in [0, 0.1) is 17.8 Å². The third kappa shape index (κ3) is 3.94. The monoisotopic (exact) mass is 553 g/mol. The maximum absolute atomic E-state index is 13.9. The number of nitrogens with two attached hydrogens (primary N) is 1. The Bertz CT molecular complexity index is 1390. The number of aromatic hydroxyl groups is 1. The van der Waals surface area contributed by atoms with Gasteiger partial charge in [0.05, 0.1) is 17.9 Å². The van der Waals surface area contributed by atoms with Crippen LogP contribution in [0.4, 0.5) is 0 Å². The number of hydrogen-bond acceptors (Lipinski definition) is 10. The first kappa shape index (κ1) is 27.9. The van der Waals surface area contributed by atoms with Crippen molar-refractivity contribution in [2.24, 2.45) is 23.5 Å². The number of primary amides is 1. The Morgan fingerprint density at radius 2 is 1.93 bits per heavy atom. The molecule has 0 radical (unpaired) electrons. The topological polar surface area (TPSA) is 183 Å². The van der Waals surface area contributed by atoms with Gasteiger partial charge in [-0.25, -0.2) is 0 Å². The van der Waals surface area contributed by atoms with Crippen LogP contribution in [0.3, 0.4) is 0 Å². The summed E-state index contributed by atoms with van der Waals surface area (Å²) in [6, 6.07) is 2.35. The van der Waals surface area contributed by atoms with Crippen molar-refractivity contribution in [1.82, 2.24) is 10.2 Å². The van der Waals surface area contributed by atoms with Crippen molar-refractivity contribution >= 4 is 17.5 Å². The number of carbonyl (C=O) groups is 3. The minimum absolute atomic E-state index is 0.0237. The molecule has 11 heteroatoms. The molecule has 0 bridgehead atoms. The van der Waals surface area contributed by atoms with Crippen molar-refractivity contribution < 1.29 is 39.5 Å². The van der Waals surface area contributed by atoms with Crippen LogP contribution in [-0.4, -0.2) is 81.1 Å². The molecule has 1 aromatic carbocycles. The van der Waals surface area contributed by atoms with Crippen LogP contribution in [0.5, 0.6) is 5.75 Å². The number of nitrogens with one attached hydrogen (secondary N) is 1. The first-order valence-corrected chi connectivity index (χ1v) is 13.4. The van der Waals surface area contributed by atoms with Gasteiger partial charge in [0.1, 0.15) is 28.9 Å². The first-order chi connectivity index (χ1) is 18.8. The highest BCUT2D eigenvalue weighted by Gasteiger charge is 2.63. The fraction of sp³-hybridized carbons (Fsp3) is 0.483. The van der Waals surface area contributed by atoms with Crippen molar-refractivity contribution in [3.63, 3.8) is 0 Å². The fourth-order valence-corrected chi connectivity index (χ4v) is 6.82. The second-order valence-electron chi connectivity index (χ2n) is 11.6. The van der Waals surface area contributed by atoms with Crippen molar-refractivity contribution in [2.45, 2.75) is 50.5 Å². The average Bonchev–Trinajstić information content (AvgIpc) is 3.33. The molecule has 1 heterocycles. The van der Waals surface area contributed by atoms with Crippen LogP contribution in [-0.2, 0) is 20.7 Å². The lowest BCUT2D eigenvalue weighted by molar-refractivity contribution is -0.148. The van der Waals surface area contributed by atoms with Crippen LogP contribution in [0.2, 0.25) is 0 Å². The van der Waals surface area contributed by atoms with E-state index in [9.17, 15) is 34.8 Å². The molecule has 0 spiro atoms. The Hall–Kier alpha value is -3.67. The maximum atomic E-state index is 13.9. The number of carbonyl (C=O) groups excluding carboxylic acids is 3. The lowest BCUT2D eigenvalue weighted by atomic mass is 9.58. The molecule has 1 aromatic rings. The number of rotatable bonds is 6. The maximum Gasteiger partial charge on any atom is 0.255 e. The molecule has 4 aliphatic rings. The van der Waals surface area contributed by atoms with E-state index in [1.807, 2.05) is 19.9 Å². The molecule has 0 aromatic heterocycles. The number of hydrogen-bond donors (Lipinski definition) is 6. The number of likely N-dealkylation sites (N-methyl/N-ethyl adjacent to an activating group) is 1. The highest BCUT2D eigenvalue weighted by atomic mass is 16.5. The number of phenols is 1. The van der Waals surface area contributed by atoms with Gasteiger partial charge in [-0.3, -0.25) is 19.3 Å². The summed E-state index contributed by atoms with van der Waals surface area (Å²) >= 11 is 0. The summed E-state index contributed by atoms with van der Waals surface area (Å²) in [5.41, 5.74) is 2.98. The molecule has 3 aliphatic carbocycles. The summed E-state index contributed by atoms with van der Waals surface area (Å²) in [7, 11) is 3.19. The zero-order chi connectivity index (χ0) is 29.3. The van der Waals surface area contributed by atoms with Crippen molar-refractivity contribution in [1.29, 1.82) is 0 Å². The molecule has 0 saturated carbocycles. The van der Waals surface area contributed by atoms with E-state index < -0.39 is 64.1 Å². The summed E-state index contributed by atoms with van der Waals surface area (Å²) < 4.78 is 5.95. The van der Waals surface area contributed by atoms with Crippen molar-refractivity contribution in [3.05, 3.63) is 63.8 Å². The van der Waals surface area contributed by atoms with Gasteiger partial charge in [-0.15, -0.1) is 0 Å². The van der Waals surface area contributed by atoms with Crippen LogP contribution in [0.1, 0.15) is 47.9 Å². The van der Waals surface area contributed by atoms with E-state index in [1.54, 1.807) is 26.4 Å². The van der Waals surface area contributed by atoms with E-state index in [4.69, 9.17) is 10.5 Å². The molecule has 6 atom stereocenters. The highest BCUT2D eigenvalue weighted by molar-refractivity contribution is 6.24. The summed E-state index contributed by atoms with van der Waals surface area (Å²) in [6.45, 7) is 4.71. The Morgan fingerprint density at radius 1 is 1.23 bits per heavy atom. The molecule has 7 N–H and O–H groups in total. The van der Waals surface area contributed by atoms with E-state index >= 15 is 0 Å². The number of aliphatic hydroxyl groups excluding tert-OH is 2. The van der Waals surface area contributed by atoms with Crippen LogP contribution >= 0.6 is 0 Å². The van der Waals surface area contributed by atoms with E-state index in [2.05, 4.69) is 5.32 Å². The number of fused-ring (bicyclic) bond motifs is 3. The minimum Gasteiger partial charge on any atom is -0.510 e. The zero-order valence-corrected chi connectivity index (χ0v) is 22.8. The molecule has 2 unspecified atom stereocenters. The predicted molar refractivity (Wildman–Crippen MR) is 143 cm³/mol. The number of Topliss-reactive ketones (excluding diaryl/α,β-unsaturated/α-hetero) is 2. The quantitative estimate of drug-likeness (QED) is 0.281. The van der Waals surface area contributed by atoms with Crippen LogP contribution in [0.25, 0.3) is 0 Å². The zero-order valence-electron chi connectivity index (χ0n) is 22.8. The third-order valence-electron chi connectivity index (χ3n) is 8.65. The third-order valence-corrected chi connectivity index (χ3v) is 8.65. The van der Waals surface area contributed by atoms with Crippen LogP contribution in [0.15, 0.2) is 47.1 Å². The van der Waals surface area contributed by atoms with E-state index in [0.29, 0.717) is 12.1 Å². The standard InChI is InChI=1S/C29H35N3O8/c1-12(2)31-11-13-7-8-40-25(13)15-5-6-18(33)20-16(15)9-14-10-17-22(32(3)4)24(35)21(28(30)38)27(37)29(17,39)26(36)19(14)23(20)34/h5-8,12-14,17,22,25,31,33,35-36,39H,9-11H2,1-4H3,(H2,30,38)/t13?,14-,17-,22-,25?,29-/m0/s1. The summed E-state index contributed by atoms with van der Waals surface area (Å²) in [5.74, 6) is -6.75. The molecule has 1 amide bonds. The summed E-state index contributed by atoms with van der Waals surface area (Å²) in [4.78, 5) is 41.0. The molecule has 11 nitrogen and oxygen atoms in total. The normalized spacial score (nSPS) is 31.4. The molecule has 0 saturated heterocycles. The van der Waals surface area contributed by atoms with Gasteiger partial charge in [-0.05, 0) is 56.1 Å². The van der Waals surface area contributed by atoms with Gasteiger partial charge in [0.2, 0.25) is 5.78 Å². The second-order valence-corrected chi connectivity index (χ2v) is 11.6. The number of benzene rings is 1. The molecule has 214 valence electrons. The van der Waals surface area contributed by atoms with Crippen LogP contribution < -0.4 is 11.1 Å². The van der Waals surface area contributed by atoms with Gasteiger partial charge >= 0.3 is 0 Å². The fourth-order valence-electron chi connectivity index (χ4n) is 6.82. The number of phenolic OH excluding ortho intramolecular Hbond substituents is 1. The van der Waals surface area contributed by atoms with Crippen molar-refractivity contribution in [2.75, 3.05) is 20.6 Å². The molecule has 40 heavy (non-hydrogen) atoms. The van der Waals surface area contributed by atoms with Gasteiger partial charge in [-0.1, -0.05) is 19.9 Å². The van der Waals surface area contributed by atoms with Gasteiger partial charge in [0.15, 0.2) is 11.4 Å². The average molecular weight is 554 g/mol. The van der Waals surface area contributed by atoms with Gasteiger partial charge in [0, 0.05) is 30.0 Å². The molecule has 0 fully saturated rings. The molecule has 1 aliphatic heterocycles. The van der Waals surface area contributed by atoms with E-state index in [-0.39, 0.29) is 41.7 Å². The Morgan fingerprint density at radius 3 is 2.55 bits per heavy atom. The first-order valence-electron chi connectivity index (χ1n) is 13.4. The number of aliphatic hydroxyl groups is 3. The molecular formula is C29H35N3O8. The number of ether oxygens (including phenoxy) is 1. The summed E-state index contributed by atoms with van der Waals surface area (Å²) in [5, 5.41) is 48.3. The minimum atomic E-state index is -2.66. The van der Waals surface area contributed by atoms with Gasteiger partial charge < -0.3 is 36.2 Å². The Labute approximate surface area is 231 Å². The summed E-state index contributed by atoms with van der Waals surface area (Å²) in [6.07, 6.45) is 3.40. The highest BCUT2D eigenvalue weighted by Crippen LogP contribution is 2.53. The molecular weight excluding hydrogens is 518 g/mol. The van der Waals surface area contributed by atoms with Gasteiger partial charge in [-0.2, -0.15) is 0 Å². The second kappa shape index (κ2) is 9.76. The number of ketones is 2. The molecule has 5 rings (SSSR count). The van der Waals surface area contributed by atoms with Gasteiger partial charge in [0.25, 0.3) is 5.91 Å². The Balaban J connectivity index is 1.63. The number of allylic oxidation sites excluding steroid dienone is 1. The lowest BCUT2D eigenvalue weighted by Gasteiger charge is -2.50.